The predicted octanol–water partition coefficient (Wildman–Crippen LogP) is 2.04. The Kier molecular flexibility index (Phi) is 10.2. The molecule has 0 unspecified atom stereocenters. The third-order valence-electron chi connectivity index (χ3n) is 3.45. The lowest BCUT2D eigenvalue weighted by atomic mass is 9.92. The number of carboxylic acids is 1. The number of carbonyl (C=O) groups excluding carboxylic acids is 2. The number of methoxy groups -OCH3 is 1. The first-order valence-corrected chi connectivity index (χ1v) is 9.71. The van der Waals surface area contributed by atoms with Gasteiger partial charge in [-0.05, 0) is 18.4 Å². The van der Waals surface area contributed by atoms with Gasteiger partial charge in [-0.1, -0.05) is 41.5 Å². The number of thioether (sulfide) groups is 1. The SMILES string of the molecule is COC(=O)[C@H](CSC(C)(C)C)NC(=O)[C@H](CC(=O)O)NCCC(C)(C)C. The largest absolute Gasteiger partial charge is 0.481 e. The van der Waals surface area contributed by atoms with E-state index < -0.39 is 29.9 Å². The highest BCUT2D eigenvalue weighted by atomic mass is 32.2. The molecule has 0 aromatic heterocycles. The molecule has 0 aliphatic carbocycles. The van der Waals surface area contributed by atoms with Gasteiger partial charge in [0.05, 0.1) is 19.6 Å². The minimum atomic E-state index is -1.08. The molecule has 0 aromatic carbocycles. The third-order valence-corrected chi connectivity index (χ3v) is 4.81. The van der Waals surface area contributed by atoms with Crippen LogP contribution in [-0.2, 0) is 19.1 Å². The highest BCUT2D eigenvalue weighted by Gasteiger charge is 2.29. The lowest BCUT2D eigenvalue weighted by Crippen LogP contribution is -2.52. The second-order valence-corrected chi connectivity index (χ2v) is 10.3. The molecular weight excluding hydrogens is 356 g/mol. The van der Waals surface area contributed by atoms with E-state index >= 15 is 0 Å². The summed E-state index contributed by atoms with van der Waals surface area (Å²) in [6.07, 6.45) is 0.437. The Morgan fingerprint density at radius 2 is 1.65 bits per heavy atom. The number of ether oxygens (including phenoxy) is 1. The van der Waals surface area contributed by atoms with Crippen LogP contribution in [0.5, 0.6) is 0 Å². The number of hydrogen-bond acceptors (Lipinski definition) is 6. The topological polar surface area (TPSA) is 105 Å². The second kappa shape index (κ2) is 10.8. The van der Waals surface area contributed by atoms with Crippen LogP contribution >= 0.6 is 11.8 Å². The summed E-state index contributed by atoms with van der Waals surface area (Å²) in [7, 11) is 1.26. The maximum Gasteiger partial charge on any atom is 0.329 e. The first-order valence-electron chi connectivity index (χ1n) is 8.72. The Bertz CT molecular complexity index is 483. The molecule has 0 aromatic rings. The van der Waals surface area contributed by atoms with E-state index in [9.17, 15) is 14.4 Å². The van der Waals surface area contributed by atoms with E-state index in [1.54, 1.807) is 0 Å². The van der Waals surface area contributed by atoms with Gasteiger partial charge in [0.25, 0.3) is 0 Å². The number of carboxylic acid groups (broad SMARTS) is 1. The average molecular weight is 391 g/mol. The van der Waals surface area contributed by atoms with Gasteiger partial charge in [0, 0.05) is 10.5 Å². The van der Waals surface area contributed by atoms with Crippen LogP contribution < -0.4 is 10.6 Å². The van der Waals surface area contributed by atoms with E-state index in [-0.39, 0.29) is 16.6 Å². The molecule has 8 heteroatoms. The van der Waals surface area contributed by atoms with Crippen molar-refractivity contribution in [3.63, 3.8) is 0 Å². The standard InChI is InChI=1S/C18H34N2O5S/c1-17(2,3)8-9-19-12(10-14(21)22)15(23)20-13(16(24)25-7)11-26-18(4,5)6/h12-13,19H,8-11H2,1-7H3,(H,20,23)(H,21,22)/t12-,13-/m0/s1. The Labute approximate surface area is 161 Å². The van der Waals surface area contributed by atoms with Crippen LogP contribution in [0, 0.1) is 5.41 Å². The van der Waals surface area contributed by atoms with Crippen LogP contribution in [0.3, 0.4) is 0 Å². The predicted molar refractivity (Wildman–Crippen MR) is 104 cm³/mol. The lowest BCUT2D eigenvalue weighted by molar-refractivity contribution is -0.145. The summed E-state index contributed by atoms with van der Waals surface area (Å²) in [5.74, 6) is -1.78. The molecule has 0 spiro atoms. The number of carbonyl (C=O) groups is 3. The molecule has 0 bridgehead atoms. The van der Waals surface area contributed by atoms with Crippen LogP contribution in [0.4, 0.5) is 0 Å². The summed E-state index contributed by atoms with van der Waals surface area (Å²) in [5.41, 5.74) is 0.0646. The van der Waals surface area contributed by atoms with E-state index in [0.29, 0.717) is 12.3 Å². The van der Waals surface area contributed by atoms with Crippen molar-refractivity contribution >= 4 is 29.6 Å². The zero-order valence-corrected chi connectivity index (χ0v) is 17.8. The Morgan fingerprint density at radius 1 is 1.08 bits per heavy atom. The smallest absolute Gasteiger partial charge is 0.329 e. The van der Waals surface area contributed by atoms with E-state index in [0.717, 1.165) is 6.42 Å². The highest BCUT2D eigenvalue weighted by Crippen LogP contribution is 2.24. The molecule has 1 amide bonds. The van der Waals surface area contributed by atoms with Crippen molar-refractivity contribution in [2.45, 2.75) is 71.2 Å². The third kappa shape index (κ3) is 12.1. The number of nitrogens with one attached hydrogen (secondary N) is 2. The van der Waals surface area contributed by atoms with Gasteiger partial charge in [-0.15, -0.1) is 0 Å². The van der Waals surface area contributed by atoms with Gasteiger partial charge >= 0.3 is 11.9 Å². The molecule has 0 saturated carbocycles. The van der Waals surface area contributed by atoms with E-state index in [1.165, 1.54) is 18.9 Å². The summed E-state index contributed by atoms with van der Waals surface area (Å²) in [6, 6.07) is -1.72. The molecule has 7 nitrogen and oxygen atoms in total. The van der Waals surface area contributed by atoms with Crippen molar-refractivity contribution < 1.29 is 24.2 Å². The van der Waals surface area contributed by atoms with Crippen LogP contribution in [0.2, 0.25) is 0 Å². The molecule has 0 aliphatic rings. The molecule has 0 saturated heterocycles. The van der Waals surface area contributed by atoms with Crippen molar-refractivity contribution in [3.8, 4) is 0 Å². The van der Waals surface area contributed by atoms with E-state index in [4.69, 9.17) is 9.84 Å². The van der Waals surface area contributed by atoms with Gasteiger partial charge in [-0.3, -0.25) is 9.59 Å². The van der Waals surface area contributed by atoms with Crippen molar-refractivity contribution in [2.75, 3.05) is 19.4 Å². The van der Waals surface area contributed by atoms with Gasteiger partial charge in [-0.2, -0.15) is 11.8 Å². The first-order chi connectivity index (χ1) is 11.7. The van der Waals surface area contributed by atoms with Crippen LogP contribution in [0.15, 0.2) is 0 Å². The fraction of sp³-hybridized carbons (Fsp3) is 0.833. The van der Waals surface area contributed by atoms with Gasteiger partial charge in [0.1, 0.15) is 6.04 Å². The number of aliphatic carboxylic acids is 1. The zero-order valence-electron chi connectivity index (χ0n) is 17.0. The molecule has 0 rings (SSSR count). The lowest BCUT2D eigenvalue weighted by Gasteiger charge is -2.25. The Hall–Kier alpha value is -1.28. The molecule has 0 radical (unpaired) electrons. The quantitative estimate of drug-likeness (QED) is 0.490. The highest BCUT2D eigenvalue weighted by molar-refractivity contribution is 8.00. The van der Waals surface area contributed by atoms with Crippen molar-refractivity contribution in [2.24, 2.45) is 5.41 Å². The molecule has 0 aliphatic heterocycles. The van der Waals surface area contributed by atoms with Gasteiger partial charge in [-0.25, -0.2) is 4.79 Å². The molecule has 152 valence electrons. The summed E-state index contributed by atoms with van der Waals surface area (Å²) in [4.78, 5) is 35.6. The minimum Gasteiger partial charge on any atom is -0.481 e. The Balaban J connectivity index is 4.96. The molecular formula is C18H34N2O5S. The maximum atomic E-state index is 12.5. The van der Waals surface area contributed by atoms with Crippen molar-refractivity contribution in [1.29, 1.82) is 0 Å². The van der Waals surface area contributed by atoms with Crippen molar-refractivity contribution in [3.05, 3.63) is 0 Å². The molecule has 3 N–H and O–H groups in total. The summed E-state index contributed by atoms with van der Waals surface area (Å²) in [6.45, 7) is 12.7. The van der Waals surface area contributed by atoms with Gasteiger partial charge < -0.3 is 20.5 Å². The second-order valence-electron chi connectivity index (χ2n) is 8.42. The molecule has 0 heterocycles. The normalized spacial score (nSPS) is 14.4. The Morgan fingerprint density at radius 3 is 2.08 bits per heavy atom. The van der Waals surface area contributed by atoms with Crippen LogP contribution in [0.25, 0.3) is 0 Å². The van der Waals surface area contributed by atoms with Gasteiger partial charge in [0.15, 0.2) is 0 Å². The monoisotopic (exact) mass is 390 g/mol. The number of rotatable bonds is 10. The maximum absolute atomic E-state index is 12.5. The van der Waals surface area contributed by atoms with E-state index in [1.807, 2.05) is 20.8 Å². The summed E-state index contributed by atoms with van der Waals surface area (Å²) in [5, 5.41) is 14.7. The number of hydrogen-bond donors (Lipinski definition) is 3. The fourth-order valence-corrected chi connectivity index (χ4v) is 2.86. The number of esters is 1. The number of amides is 1. The fourth-order valence-electron chi connectivity index (χ4n) is 1.97. The first kappa shape index (κ1) is 24.7. The summed E-state index contributed by atoms with van der Waals surface area (Å²) < 4.78 is 4.68. The zero-order chi connectivity index (χ0) is 20.5. The summed E-state index contributed by atoms with van der Waals surface area (Å²) >= 11 is 1.52. The van der Waals surface area contributed by atoms with Crippen LogP contribution in [-0.4, -0.2) is 59.2 Å². The average Bonchev–Trinajstić information content (AvgIpc) is 2.46. The minimum absolute atomic E-state index is 0.0646. The molecule has 26 heavy (non-hydrogen) atoms. The van der Waals surface area contributed by atoms with Crippen LogP contribution in [0.1, 0.15) is 54.4 Å². The molecule has 2 atom stereocenters. The molecule has 0 fully saturated rings. The van der Waals surface area contributed by atoms with E-state index in [2.05, 4.69) is 31.4 Å². The van der Waals surface area contributed by atoms with Gasteiger partial charge in [0.2, 0.25) is 5.91 Å². The van der Waals surface area contributed by atoms with Crippen molar-refractivity contribution in [1.82, 2.24) is 10.6 Å².